The highest BCUT2D eigenvalue weighted by Gasteiger charge is 2.32. The number of thioether (sulfide) groups is 1. The molecule has 1 heterocycles. The first kappa shape index (κ1) is 23.2. The number of benzene rings is 1. The molecule has 1 unspecified atom stereocenters. The standard InChI is InChI=1S/C17H24N4O5S3/c1-6-9-27-17-20-19-16(28-17)18-15(22)11(2)21(29(5,23)24)13-10-12(25-3)7-8-14(13)26-4/h7-8,10-11H,6,9H2,1-5H3,(H,18,19,22). The number of amides is 1. The monoisotopic (exact) mass is 460 g/mol. The number of rotatable bonds is 10. The number of sulfonamides is 1. The lowest BCUT2D eigenvalue weighted by molar-refractivity contribution is -0.116. The Hall–Kier alpha value is -2.05. The van der Waals surface area contributed by atoms with Gasteiger partial charge in [0.1, 0.15) is 17.5 Å². The molecular weight excluding hydrogens is 436 g/mol. The first-order chi connectivity index (χ1) is 13.7. The fraction of sp³-hybridized carbons (Fsp3) is 0.471. The van der Waals surface area contributed by atoms with Crippen molar-refractivity contribution in [3.8, 4) is 11.5 Å². The number of carbonyl (C=O) groups excluding carboxylic acids is 1. The lowest BCUT2D eigenvalue weighted by atomic mass is 10.2. The van der Waals surface area contributed by atoms with E-state index in [9.17, 15) is 13.2 Å². The zero-order valence-electron chi connectivity index (χ0n) is 16.8. The maximum Gasteiger partial charge on any atom is 0.249 e. The molecule has 160 valence electrons. The third kappa shape index (κ3) is 5.97. The molecule has 0 saturated heterocycles. The van der Waals surface area contributed by atoms with Crippen molar-refractivity contribution in [2.24, 2.45) is 0 Å². The molecule has 1 aromatic carbocycles. The average Bonchev–Trinajstić information content (AvgIpc) is 3.12. The number of carbonyl (C=O) groups is 1. The summed E-state index contributed by atoms with van der Waals surface area (Å²) in [6.07, 6.45) is 2.02. The Balaban J connectivity index is 2.31. The van der Waals surface area contributed by atoms with Crippen molar-refractivity contribution in [2.75, 3.05) is 35.9 Å². The molecule has 1 aromatic heterocycles. The van der Waals surface area contributed by atoms with Crippen LogP contribution in [-0.4, -0.2) is 56.8 Å². The Labute approximate surface area is 178 Å². The molecule has 12 heteroatoms. The number of ether oxygens (including phenoxy) is 2. The van der Waals surface area contributed by atoms with E-state index >= 15 is 0 Å². The Morgan fingerprint density at radius 3 is 2.62 bits per heavy atom. The van der Waals surface area contributed by atoms with Crippen LogP contribution >= 0.6 is 23.1 Å². The normalized spacial score (nSPS) is 12.3. The van der Waals surface area contributed by atoms with Gasteiger partial charge in [-0.2, -0.15) is 0 Å². The highest BCUT2D eigenvalue weighted by Crippen LogP contribution is 2.35. The summed E-state index contributed by atoms with van der Waals surface area (Å²) < 4.78 is 37.3. The molecule has 29 heavy (non-hydrogen) atoms. The molecule has 0 radical (unpaired) electrons. The largest absolute Gasteiger partial charge is 0.497 e. The van der Waals surface area contributed by atoms with Crippen LogP contribution in [0.3, 0.4) is 0 Å². The smallest absolute Gasteiger partial charge is 0.249 e. The second-order valence-electron chi connectivity index (χ2n) is 5.98. The second-order valence-corrected chi connectivity index (χ2v) is 10.2. The number of aromatic nitrogens is 2. The molecule has 2 aromatic rings. The minimum atomic E-state index is -3.82. The molecule has 0 aliphatic carbocycles. The van der Waals surface area contributed by atoms with Crippen molar-refractivity contribution in [2.45, 2.75) is 30.6 Å². The summed E-state index contributed by atoms with van der Waals surface area (Å²) in [6, 6.07) is 3.67. The number of hydrogen-bond donors (Lipinski definition) is 1. The molecular formula is C17H24N4O5S3. The molecule has 1 N–H and O–H groups in total. The summed E-state index contributed by atoms with van der Waals surface area (Å²) in [5.74, 6) is 1.09. The van der Waals surface area contributed by atoms with E-state index in [0.717, 1.165) is 27.1 Å². The number of nitrogens with zero attached hydrogens (tertiary/aromatic N) is 3. The average molecular weight is 461 g/mol. The van der Waals surface area contributed by atoms with Crippen molar-refractivity contribution < 1.29 is 22.7 Å². The quantitative estimate of drug-likeness (QED) is 0.426. The molecule has 0 aliphatic rings. The topological polar surface area (TPSA) is 111 Å². The summed E-state index contributed by atoms with van der Waals surface area (Å²) in [6.45, 7) is 3.55. The maximum atomic E-state index is 12.8. The van der Waals surface area contributed by atoms with E-state index < -0.39 is 22.0 Å². The Morgan fingerprint density at radius 2 is 2.03 bits per heavy atom. The zero-order valence-corrected chi connectivity index (χ0v) is 19.3. The van der Waals surface area contributed by atoms with Gasteiger partial charge < -0.3 is 9.47 Å². The molecule has 0 aliphatic heterocycles. The van der Waals surface area contributed by atoms with Gasteiger partial charge in [-0.05, 0) is 25.5 Å². The van der Waals surface area contributed by atoms with Crippen LogP contribution in [0.1, 0.15) is 20.3 Å². The van der Waals surface area contributed by atoms with E-state index in [0.29, 0.717) is 16.6 Å². The minimum absolute atomic E-state index is 0.202. The van der Waals surface area contributed by atoms with Crippen LogP contribution in [0.5, 0.6) is 11.5 Å². The van der Waals surface area contributed by atoms with Gasteiger partial charge in [0.2, 0.25) is 21.1 Å². The molecule has 0 fully saturated rings. The van der Waals surface area contributed by atoms with Gasteiger partial charge in [0.05, 0.1) is 26.2 Å². The van der Waals surface area contributed by atoms with Crippen LogP contribution in [0.2, 0.25) is 0 Å². The first-order valence-corrected chi connectivity index (χ1v) is 12.3. The maximum absolute atomic E-state index is 12.8. The van der Waals surface area contributed by atoms with E-state index in [4.69, 9.17) is 9.47 Å². The number of nitrogens with one attached hydrogen (secondary N) is 1. The van der Waals surface area contributed by atoms with Crippen LogP contribution in [0.15, 0.2) is 22.5 Å². The molecule has 0 spiro atoms. The summed E-state index contributed by atoms with van der Waals surface area (Å²) >= 11 is 2.79. The highest BCUT2D eigenvalue weighted by molar-refractivity contribution is 8.01. The Bertz CT molecular complexity index is 948. The predicted octanol–water partition coefficient (Wildman–Crippen LogP) is 2.85. The second kappa shape index (κ2) is 10.1. The molecule has 0 bridgehead atoms. The number of hydrogen-bond acceptors (Lipinski definition) is 9. The molecule has 0 saturated carbocycles. The van der Waals surface area contributed by atoms with Gasteiger partial charge in [-0.15, -0.1) is 10.2 Å². The van der Waals surface area contributed by atoms with Crippen LogP contribution in [0, 0.1) is 0 Å². The van der Waals surface area contributed by atoms with Gasteiger partial charge >= 0.3 is 0 Å². The van der Waals surface area contributed by atoms with Crippen molar-refractivity contribution in [3.05, 3.63) is 18.2 Å². The first-order valence-electron chi connectivity index (χ1n) is 8.69. The van der Waals surface area contributed by atoms with Gasteiger partial charge in [-0.3, -0.25) is 14.4 Å². The van der Waals surface area contributed by atoms with E-state index in [1.165, 1.54) is 38.5 Å². The van der Waals surface area contributed by atoms with Gasteiger partial charge in [-0.1, -0.05) is 30.0 Å². The van der Waals surface area contributed by atoms with Crippen LogP contribution < -0.4 is 19.1 Å². The van der Waals surface area contributed by atoms with E-state index in [2.05, 4.69) is 22.4 Å². The third-order valence-electron chi connectivity index (χ3n) is 3.78. The van der Waals surface area contributed by atoms with Gasteiger partial charge in [0, 0.05) is 11.8 Å². The van der Waals surface area contributed by atoms with Crippen LogP contribution in [0.25, 0.3) is 0 Å². The molecule has 1 atom stereocenters. The van der Waals surface area contributed by atoms with Crippen molar-refractivity contribution in [1.82, 2.24) is 10.2 Å². The number of methoxy groups -OCH3 is 2. The van der Waals surface area contributed by atoms with E-state index in [1.807, 2.05) is 0 Å². The molecule has 9 nitrogen and oxygen atoms in total. The SMILES string of the molecule is CCCSc1nnc(NC(=O)C(C)N(c2cc(OC)ccc2OC)S(C)(=O)=O)s1. The predicted molar refractivity (Wildman–Crippen MR) is 116 cm³/mol. The van der Waals surface area contributed by atoms with E-state index in [1.54, 1.807) is 23.9 Å². The van der Waals surface area contributed by atoms with Crippen molar-refractivity contribution in [3.63, 3.8) is 0 Å². The Morgan fingerprint density at radius 1 is 1.31 bits per heavy atom. The molecule has 2 rings (SSSR count). The van der Waals surface area contributed by atoms with Gasteiger partial charge in [-0.25, -0.2) is 8.42 Å². The number of anilines is 2. The van der Waals surface area contributed by atoms with Gasteiger partial charge in [0.15, 0.2) is 4.34 Å². The fourth-order valence-corrected chi connectivity index (χ4v) is 5.32. The van der Waals surface area contributed by atoms with Crippen molar-refractivity contribution in [1.29, 1.82) is 0 Å². The summed E-state index contributed by atoms with van der Waals surface area (Å²) in [5, 5.41) is 10.9. The minimum Gasteiger partial charge on any atom is -0.497 e. The zero-order chi connectivity index (χ0) is 21.6. The summed E-state index contributed by atoms with van der Waals surface area (Å²) in [4.78, 5) is 12.8. The fourth-order valence-electron chi connectivity index (χ4n) is 2.47. The lowest BCUT2D eigenvalue weighted by Gasteiger charge is -2.29. The van der Waals surface area contributed by atoms with Crippen LogP contribution in [0.4, 0.5) is 10.8 Å². The summed E-state index contributed by atoms with van der Waals surface area (Å²) in [7, 11) is -0.926. The summed E-state index contributed by atoms with van der Waals surface area (Å²) in [5.41, 5.74) is 0.202. The van der Waals surface area contributed by atoms with Crippen molar-refractivity contribution >= 4 is 49.8 Å². The third-order valence-corrected chi connectivity index (χ3v) is 7.18. The lowest BCUT2D eigenvalue weighted by Crippen LogP contribution is -2.45. The van der Waals surface area contributed by atoms with E-state index in [-0.39, 0.29) is 5.69 Å². The highest BCUT2D eigenvalue weighted by atomic mass is 32.2. The molecule has 1 amide bonds. The van der Waals surface area contributed by atoms with Crippen LogP contribution in [-0.2, 0) is 14.8 Å². The Kier molecular flexibility index (Phi) is 8.11. The van der Waals surface area contributed by atoms with Gasteiger partial charge in [0.25, 0.3) is 0 Å².